The second-order valence-corrected chi connectivity index (χ2v) is 5.80. The molecule has 0 aromatic heterocycles. The highest BCUT2D eigenvalue weighted by atomic mass is 35.5. The van der Waals surface area contributed by atoms with E-state index in [9.17, 15) is 14.7 Å². The van der Waals surface area contributed by atoms with Crippen LogP contribution in [0.4, 0.5) is 5.69 Å². The van der Waals surface area contributed by atoms with Crippen molar-refractivity contribution in [2.45, 2.75) is 38.8 Å². The van der Waals surface area contributed by atoms with Gasteiger partial charge in [-0.1, -0.05) is 23.7 Å². The highest BCUT2D eigenvalue weighted by Gasteiger charge is 2.34. The third-order valence-corrected chi connectivity index (χ3v) is 3.96. The summed E-state index contributed by atoms with van der Waals surface area (Å²) < 4.78 is 0. The van der Waals surface area contributed by atoms with Gasteiger partial charge in [0.25, 0.3) is 0 Å². The smallest absolute Gasteiger partial charge is 0.249 e. The number of rotatable bonds is 5. The summed E-state index contributed by atoms with van der Waals surface area (Å²) in [4.78, 5) is 24.0. The van der Waals surface area contributed by atoms with Crippen LogP contribution in [0.15, 0.2) is 18.2 Å². The third-order valence-electron chi connectivity index (χ3n) is 3.46. The molecule has 1 aliphatic rings. The third kappa shape index (κ3) is 3.95. The van der Waals surface area contributed by atoms with Gasteiger partial charge in [0.05, 0.1) is 16.8 Å². The van der Waals surface area contributed by atoms with E-state index in [0.717, 1.165) is 18.4 Å². The predicted octanol–water partition coefficient (Wildman–Crippen LogP) is 1.86. The number of anilines is 1. The van der Waals surface area contributed by atoms with Gasteiger partial charge in [0.1, 0.15) is 6.04 Å². The Morgan fingerprint density at radius 2 is 2.05 bits per heavy atom. The lowest BCUT2D eigenvalue weighted by atomic mass is 10.1. The van der Waals surface area contributed by atoms with Crippen LogP contribution >= 0.6 is 11.6 Å². The lowest BCUT2D eigenvalue weighted by Gasteiger charge is -2.21. The Hall–Kier alpha value is -1.59. The van der Waals surface area contributed by atoms with Crippen LogP contribution in [0.5, 0.6) is 0 Å². The predicted molar refractivity (Wildman–Crippen MR) is 81.2 cm³/mol. The molecule has 3 N–H and O–H groups in total. The van der Waals surface area contributed by atoms with Crippen molar-refractivity contribution in [3.63, 3.8) is 0 Å². The molecule has 2 rings (SSSR count). The molecule has 0 heterocycles. The van der Waals surface area contributed by atoms with Gasteiger partial charge in [-0.05, 0) is 38.3 Å². The van der Waals surface area contributed by atoms with Gasteiger partial charge in [0.15, 0.2) is 0 Å². The number of halogens is 1. The normalized spacial score (nSPS) is 17.0. The molecule has 0 spiro atoms. The Kier molecular flexibility index (Phi) is 4.85. The quantitative estimate of drug-likeness (QED) is 0.777. The van der Waals surface area contributed by atoms with Gasteiger partial charge in [-0.25, -0.2) is 0 Å². The summed E-state index contributed by atoms with van der Waals surface area (Å²) in [6.45, 7) is 3.30. The van der Waals surface area contributed by atoms with E-state index in [4.69, 9.17) is 11.6 Å². The minimum Gasteiger partial charge on any atom is -0.391 e. The molecule has 0 saturated heterocycles. The number of nitrogens with one attached hydrogen (secondary N) is 2. The van der Waals surface area contributed by atoms with E-state index in [0.29, 0.717) is 10.7 Å². The number of aliphatic hydroxyl groups is 1. The van der Waals surface area contributed by atoms with E-state index in [-0.39, 0.29) is 11.8 Å². The maximum Gasteiger partial charge on any atom is 0.249 e. The molecular formula is C15H19ClN2O3. The highest BCUT2D eigenvalue weighted by molar-refractivity contribution is 6.34. The zero-order chi connectivity index (χ0) is 15.6. The molecule has 0 radical (unpaired) electrons. The molecule has 0 bridgehead atoms. The van der Waals surface area contributed by atoms with E-state index < -0.39 is 18.1 Å². The van der Waals surface area contributed by atoms with Crippen molar-refractivity contribution in [3.8, 4) is 0 Å². The summed E-state index contributed by atoms with van der Waals surface area (Å²) in [5.74, 6) is -0.695. The minimum absolute atomic E-state index is 0.0263. The molecule has 21 heavy (non-hydrogen) atoms. The Balaban J connectivity index is 2.07. The first-order chi connectivity index (χ1) is 9.90. The lowest BCUT2D eigenvalue weighted by Crippen LogP contribution is -2.50. The Labute approximate surface area is 128 Å². The van der Waals surface area contributed by atoms with Crippen molar-refractivity contribution in [1.29, 1.82) is 0 Å². The van der Waals surface area contributed by atoms with Gasteiger partial charge in [0.2, 0.25) is 11.8 Å². The van der Waals surface area contributed by atoms with E-state index >= 15 is 0 Å². The molecule has 1 saturated carbocycles. The molecule has 114 valence electrons. The standard InChI is InChI=1S/C15H19ClN2O3/c1-8-4-3-5-11(12(8)16)17-15(21)13(9(2)19)18-14(20)10-6-7-10/h3-5,9-10,13,19H,6-7H2,1-2H3,(H,17,21)(H,18,20). The van der Waals surface area contributed by atoms with Gasteiger partial charge >= 0.3 is 0 Å². The fourth-order valence-electron chi connectivity index (χ4n) is 1.98. The average Bonchev–Trinajstić information content (AvgIpc) is 3.25. The molecule has 1 aromatic carbocycles. The number of carbonyl (C=O) groups excluding carboxylic acids is 2. The highest BCUT2D eigenvalue weighted by Crippen LogP contribution is 2.29. The number of aliphatic hydroxyl groups excluding tert-OH is 1. The van der Waals surface area contributed by atoms with Crippen molar-refractivity contribution >= 4 is 29.1 Å². The van der Waals surface area contributed by atoms with E-state index in [1.165, 1.54) is 6.92 Å². The van der Waals surface area contributed by atoms with Gasteiger partial charge < -0.3 is 15.7 Å². The fraction of sp³-hybridized carbons (Fsp3) is 0.467. The van der Waals surface area contributed by atoms with Gasteiger partial charge in [0, 0.05) is 5.92 Å². The zero-order valence-corrected chi connectivity index (χ0v) is 12.8. The van der Waals surface area contributed by atoms with Crippen molar-refractivity contribution in [2.24, 2.45) is 5.92 Å². The SMILES string of the molecule is Cc1cccc(NC(=O)C(NC(=O)C2CC2)C(C)O)c1Cl. The number of carbonyl (C=O) groups is 2. The Morgan fingerprint density at radius 3 is 2.62 bits per heavy atom. The van der Waals surface area contributed by atoms with Crippen LogP contribution in [-0.4, -0.2) is 29.1 Å². The van der Waals surface area contributed by atoms with Crippen LogP contribution in [0.1, 0.15) is 25.3 Å². The molecule has 0 aliphatic heterocycles. The van der Waals surface area contributed by atoms with E-state index in [1.807, 2.05) is 13.0 Å². The first kappa shape index (κ1) is 15.8. The fourth-order valence-corrected chi connectivity index (χ4v) is 2.15. The molecule has 2 atom stereocenters. The maximum atomic E-state index is 12.3. The summed E-state index contributed by atoms with van der Waals surface area (Å²) in [5, 5.41) is 15.4. The number of hydrogen-bond acceptors (Lipinski definition) is 3. The summed E-state index contributed by atoms with van der Waals surface area (Å²) in [5.41, 5.74) is 1.30. The van der Waals surface area contributed by atoms with Crippen molar-refractivity contribution in [3.05, 3.63) is 28.8 Å². The molecular weight excluding hydrogens is 292 g/mol. The summed E-state index contributed by atoms with van der Waals surface area (Å²) >= 11 is 6.12. The summed E-state index contributed by atoms with van der Waals surface area (Å²) in [6.07, 6.45) is 0.684. The van der Waals surface area contributed by atoms with Crippen molar-refractivity contribution in [2.75, 3.05) is 5.32 Å². The molecule has 2 amide bonds. The largest absolute Gasteiger partial charge is 0.391 e. The Bertz CT molecular complexity index is 556. The summed E-state index contributed by atoms with van der Waals surface area (Å²) in [7, 11) is 0. The van der Waals surface area contributed by atoms with Crippen molar-refractivity contribution < 1.29 is 14.7 Å². The number of hydrogen-bond donors (Lipinski definition) is 3. The molecule has 1 fully saturated rings. The first-order valence-electron chi connectivity index (χ1n) is 6.94. The average molecular weight is 311 g/mol. The number of benzene rings is 1. The molecule has 1 aromatic rings. The summed E-state index contributed by atoms with van der Waals surface area (Å²) in [6, 6.07) is 4.29. The second kappa shape index (κ2) is 6.45. The first-order valence-corrected chi connectivity index (χ1v) is 7.32. The van der Waals surface area contributed by atoms with Gasteiger partial charge in [-0.15, -0.1) is 0 Å². The molecule has 1 aliphatic carbocycles. The Morgan fingerprint density at radius 1 is 1.38 bits per heavy atom. The van der Waals surface area contributed by atoms with Crippen molar-refractivity contribution in [1.82, 2.24) is 5.32 Å². The molecule has 6 heteroatoms. The van der Waals surface area contributed by atoms with Crippen LogP contribution in [-0.2, 0) is 9.59 Å². The molecule has 2 unspecified atom stereocenters. The van der Waals surface area contributed by atoms with Crippen LogP contribution in [0, 0.1) is 12.8 Å². The van der Waals surface area contributed by atoms with E-state index in [1.54, 1.807) is 12.1 Å². The lowest BCUT2D eigenvalue weighted by molar-refractivity contribution is -0.129. The number of amides is 2. The monoisotopic (exact) mass is 310 g/mol. The van der Waals surface area contributed by atoms with Gasteiger partial charge in [-0.3, -0.25) is 9.59 Å². The molecule has 5 nitrogen and oxygen atoms in total. The second-order valence-electron chi connectivity index (χ2n) is 5.43. The minimum atomic E-state index is -0.991. The van der Waals surface area contributed by atoms with Crippen LogP contribution in [0.25, 0.3) is 0 Å². The van der Waals surface area contributed by atoms with Crippen LogP contribution < -0.4 is 10.6 Å². The van der Waals surface area contributed by atoms with Gasteiger partial charge in [-0.2, -0.15) is 0 Å². The maximum absolute atomic E-state index is 12.3. The van der Waals surface area contributed by atoms with Crippen LogP contribution in [0.2, 0.25) is 5.02 Å². The zero-order valence-electron chi connectivity index (χ0n) is 12.0. The topological polar surface area (TPSA) is 78.4 Å². The van der Waals surface area contributed by atoms with E-state index in [2.05, 4.69) is 10.6 Å². The van der Waals surface area contributed by atoms with Crippen LogP contribution in [0.3, 0.4) is 0 Å². The number of aryl methyl sites for hydroxylation is 1.